The molecule has 0 fully saturated rings. The van der Waals surface area contributed by atoms with E-state index in [0.29, 0.717) is 5.82 Å². The molecule has 6 heteroatoms. The topological polar surface area (TPSA) is 38.7 Å². The van der Waals surface area contributed by atoms with Crippen LogP contribution in [-0.4, -0.2) is 15.0 Å². The van der Waals surface area contributed by atoms with Crippen molar-refractivity contribution in [3.8, 4) is 11.4 Å². The predicted molar refractivity (Wildman–Crippen MR) is 64.6 cm³/mol. The fraction of sp³-hybridized carbons (Fsp3) is 0.182. The average molecular weight is 272 g/mol. The zero-order valence-electron chi connectivity index (χ0n) is 8.91. The van der Waals surface area contributed by atoms with Gasteiger partial charge in [0.15, 0.2) is 21.9 Å². The number of pyridine rings is 1. The summed E-state index contributed by atoms with van der Waals surface area (Å²) in [5.74, 6) is -0.496. The second kappa shape index (κ2) is 4.94. The lowest BCUT2D eigenvalue weighted by Crippen LogP contribution is -1.97. The number of aryl methyl sites for hydroxylation is 1. The Morgan fingerprint density at radius 1 is 1.24 bits per heavy atom. The van der Waals surface area contributed by atoms with Gasteiger partial charge in [-0.05, 0) is 18.1 Å². The summed E-state index contributed by atoms with van der Waals surface area (Å²) in [6.07, 6.45) is 4.09. The first-order valence-corrected chi connectivity index (χ1v) is 5.71. The molecule has 0 aliphatic heterocycles. The summed E-state index contributed by atoms with van der Waals surface area (Å²) in [5.41, 5.74) is 1.71. The number of nitrogens with zero attached hydrogens (tertiary/aromatic N) is 3. The lowest BCUT2D eigenvalue weighted by atomic mass is 10.1. The molecule has 88 valence electrons. The number of aromatic nitrogens is 3. The summed E-state index contributed by atoms with van der Waals surface area (Å²) in [6.45, 7) is 1.98. The maximum absolute atomic E-state index is 13.2. The van der Waals surface area contributed by atoms with Gasteiger partial charge in [-0.25, -0.2) is 14.4 Å². The van der Waals surface area contributed by atoms with Crippen LogP contribution in [0.1, 0.15) is 12.5 Å². The first-order chi connectivity index (χ1) is 8.13. The van der Waals surface area contributed by atoms with Gasteiger partial charge in [-0.3, -0.25) is 4.98 Å². The van der Waals surface area contributed by atoms with Gasteiger partial charge in [0.2, 0.25) is 0 Å². The van der Waals surface area contributed by atoms with Gasteiger partial charge in [0.1, 0.15) is 0 Å². The molecule has 0 spiro atoms. The zero-order chi connectivity index (χ0) is 12.4. The van der Waals surface area contributed by atoms with Gasteiger partial charge < -0.3 is 0 Å². The van der Waals surface area contributed by atoms with Gasteiger partial charge in [-0.1, -0.05) is 30.1 Å². The highest BCUT2D eigenvalue weighted by Crippen LogP contribution is 2.25. The Morgan fingerprint density at radius 2 is 1.88 bits per heavy atom. The van der Waals surface area contributed by atoms with E-state index >= 15 is 0 Å². The van der Waals surface area contributed by atoms with E-state index in [1.807, 2.05) is 6.92 Å². The number of hydrogen-bond acceptors (Lipinski definition) is 3. The van der Waals surface area contributed by atoms with Gasteiger partial charge in [0, 0.05) is 18.0 Å². The second-order valence-electron chi connectivity index (χ2n) is 3.33. The fourth-order valence-corrected chi connectivity index (χ4v) is 1.83. The highest BCUT2D eigenvalue weighted by molar-refractivity contribution is 6.33. The molecule has 2 aromatic heterocycles. The smallest absolute Gasteiger partial charge is 0.197 e. The Bertz CT molecular complexity index is 537. The van der Waals surface area contributed by atoms with Crippen molar-refractivity contribution in [3.05, 3.63) is 40.1 Å². The fourth-order valence-electron chi connectivity index (χ4n) is 1.44. The van der Waals surface area contributed by atoms with E-state index in [4.69, 9.17) is 23.2 Å². The molecule has 2 rings (SSSR count). The first-order valence-electron chi connectivity index (χ1n) is 4.95. The molecule has 0 aliphatic carbocycles. The Morgan fingerprint density at radius 3 is 2.47 bits per heavy atom. The van der Waals surface area contributed by atoms with Crippen LogP contribution in [0, 0.1) is 5.82 Å². The summed E-state index contributed by atoms with van der Waals surface area (Å²) in [7, 11) is 0. The van der Waals surface area contributed by atoms with Crippen molar-refractivity contribution in [2.75, 3.05) is 0 Å². The van der Waals surface area contributed by atoms with E-state index < -0.39 is 5.82 Å². The SMILES string of the molecule is CCc1cnccc1-c1nc(Cl)c(F)c(Cl)n1. The Labute approximate surface area is 108 Å². The minimum absolute atomic E-state index is 0.279. The van der Waals surface area contributed by atoms with Crippen LogP contribution in [0.15, 0.2) is 18.5 Å². The van der Waals surface area contributed by atoms with Crippen LogP contribution in [-0.2, 0) is 6.42 Å². The predicted octanol–water partition coefficient (Wildman–Crippen LogP) is 3.55. The Kier molecular flexibility index (Phi) is 3.54. The summed E-state index contributed by atoms with van der Waals surface area (Å²) >= 11 is 11.3. The molecular formula is C11H8Cl2FN3. The Balaban J connectivity index is 2.61. The second-order valence-corrected chi connectivity index (χ2v) is 4.05. The molecule has 17 heavy (non-hydrogen) atoms. The lowest BCUT2D eigenvalue weighted by molar-refractivity contribution is 0.615. The van der Waals surface area contributed by atoms with Gasteiger partial charge >= 0.3 is 0 Å². The molecule has 0 saturated heterocycles. The summed E-state index contributed by atoms with van der Waals surface area (Å²) in [6, 6.07) is 1.75. The molecule has 0 aliphatic rings. The van der Waals surface area contributed by atoms with Crippen molar-refractivity contribution in [1.82, 2.24) is 15.0 Å². The van der Waals surface area contributed by atoms with Crippen LogP contribution in [0.4, 0.5) is 4.39 Å². The summed E-state index contributed by atoms with van der Waals surface area (Å²) in [4.78, 5) is 11.8. The van der Waals surface area contributed by atoms with Crippen LogP contribution in [0.3, 0.4) is 0 Å². The maximum Gasteiger partial charge on any atom is 0.197 e. The van der Waals surface area contributed by atoms with Crippen LogP contribution >= 0.6 is 23.2 Å². The minimum Gasteiger partial charge on any atom is -0.264 e. The highest BCUT2D eigenvalue weighted by Gasteiger charge is 2.14. The third kappa shape index (κ3) is 2.37. The van der Waals surface area contributed by atoms with E-state index in [9.17, 15) is 4.39 Å². The van der Waals surface area contributed by atoms with Crippen LogP contribution in [0.25, 0.3) is 11.4 Å². The molecule has 3 nitrogen and oxygen atoms in total. The molecule has 0 N–H and O–H groups in total. The Hall–Kier alpha value is -1.26. The van der Waals surface area contributed by atoms with Crippen LogP contribution in [0.5, 0.6) is 0 Å². The third-order valence-corrected chi connectivity index (χ3v) is 2.80. The molecule has 0 radical (unpaired) electrons. The van der Waals surface area contributed by atoms with Crippen molar-refractivity contribution in [1.29, 1.82) is 0 Å². The largest absolute Gasteiger partial charge is 0.264 e. The van der Waals surface area contributed by atoms with Crippen molar-refractivity contribution in [2.24, 2.45) is 0 Å². The van der Waals surface area contributed by atoms with E-state index in [-0.39, 0.29) is 10.3 Å². The maximum atomic E-state index is 13.2. The summed E-state index contributed by atoms with van der Waals surface area (Å²) in [5, 5.41) is -0.558. The third-order valence-electron chi connectivity index (χ3n) is 2.30. The minimum atomic E-state index is -0.802. The zero-order valence-corrected chi connectivity index (χ0v) is 10.4. The summed E-state index contributed by atoms with van der Waals surface area (Å²) < 4.78 is 13.2. The van der Waals surface area contributed by atoms with Crippen molar-refractivity contribution >= 4 is 23.2 Å². The van der Waals surface area contributed by atoms with Gasteiger partial charge in [0.25, 0.3) is 0 Å². The molecule has 0 unspecified atom stereocenters. The molecule has 0 amide bonds. The molecule has 0 aromatic carbocycles. The number of rotatable bonds is 2. The van der Waals surface area contributed by atoms with E-state index in [1.54, 1.807) is 18.5 Å². The van der Waals surface area contributed by atoms with E-state index in [1.165, 1.54) is 0 Å². The molecule has 0 atom stereocenters. The number of hydrogen-bond donors (Lipinski definition) is 0. The molecule has 2 aromatic rings. The normalized spacial score (nSPS) is 10.6. The average Bonchev–Trinajstić information content (AvgIpc) is 2.35. The number of halogens is 3. The van der Waals surface area contributed by atoms with Crippen molar-refractivity contribution in [3.63, 3.8) is 0 Å². The van der Waals surface area contributed by atoms with Gasteiger partial charge in [0.05, 0.1) is 0 Å². The first kappa shape index (κ1) is 12.2. The molecule has 0 bridgehead atoms. The molecular weight excluding hydrogens is 264 g/mol. The quantitative estimate of drug-likeness (QED) is 0.785. The highest BCUT2D eigenvalue weighted by atomic mass is 35.5. The van der Waals surface area contributed by atoms with Crippen molar-refractivity contribution in [2.45, 2.75) is 13.3 Å². The standard InChI is InChI=1S/C11H8Cl2FN3/c1-2-6-5-15-4-3-7(6)11-16-9(12)8(14)10(13)17-11/h3-5H,2H2,1H3. The van der Waals surface area contributed by atoms with E-state index in [0.717, 1.165) is 17.5 Å². The van der Waals surface area contributed by atoms with Gasteiger partial charge in [-0.2, -0.15) is 0 Å². The monoisotopic (exact) mass is 271 g/mol. The molecule has 2 heterocycles. The van der Waals surface area contributed by atoms with Gasteiger partial charge in [-0.15, -0.1) is 0 Å². The molecule has 0 saturated carbocycles. The van der Waals surface area contributed by atoms with Crippen LogP contribution < -0.4 is 0 Å². The van der Waals surface area contributed by atoms with Crippen molar-refractivity contribution < 1.29 is 4.39 Å². The lowest BCUT2D eigenvalue weighted by Gasteiger charge is -2.06. The van der Waals surface area contributed by atoms with E-state index in [2.05, 4.69) is 15.0 Å². The van der Waals surface area contributed by atoms with Crippen LogP contribution in [0.2, 0.25) is 10.3 Å².